The van der Waals surface area contributed by atoms with Gasteiger partial charge >= 0.3 is 0 Å². The minimum absolute atomic E-state index is 0.0547. The SMILES string of the molecule is CC(c1ccccn1)N(C(=O)c1cc(=O)[nH]c2ccc(S(=O)(=O)N3CCOCC3)cc12)C1CC1. The van der Waals surface area contributed by atoms with Crippen LogP contribution in [0.15, 0.2) is 58.4 Å². The van der Waals surface area contributed by atoms with Gasteiger partial charge in [0.15, 0.2) is 0 Å². The molecule has 1 aliphatic carbocycles. The summed E-state index contributed by atoms with van der Waals surface area (Å²) in [5, 5.41) is 0.401. The number of fused-ring (bicyclic) bond motifs is 1. The maximum absolute atomic E-state index is 13.8. The van der Waals surface area contributed by atoms with Crippen LogP contribution in [0.1, 0.15) is 41.9 Å². The summed E-state index contributed by atoms with van der Waals surface area (Å²) < 4.78 is 33.1. The molecule has 3 heterocycles. The third kappa shape index (κ3) is 4.24. The molecule has 1 unspecified atom stereocenters. The predicted octanol–water partition coefficient (Wildman–Crippen LogP) is 2.31. The number of hydrogen-bond donors (Lipinski definition) is 1. The molecular weight excluding hydrogens is 456 g/mol. The third-order valence-corrected chi connectivity index (χ3v) is 8.26. The van der Waals surface area contributed by atoms with Crippen molar-refractivity contribution in [3.8, 4) is 0 Å². The van der Waals surface area contributed by atoms with Crippen LogP contribution in [-0.4, -0.2) is 65.8 Å². The van der Waals surface area contributed by atoms with Crippen molar-refractivity contribution in [3.63, 3.8) is 0 Å². The van der Waals surface area contributed by atoms with E-state index < -0.39 is 15.6 Å². The summed E-state index contributed by atoms with van der Waals surface area (Å²) in [4.78, 5) is 35.2. The number of nitrogens with zero attached hydrogens (tertiary/aromatic N) is 3. The van der Waals surface area contributed by atoms with Gasteiger partial charge in [0.05, 0.1) is 35.4 Å². The molecule has 1 amide bonds. The molecule has 9 nitrogen and oxygen atoms in total. The minimum Gasteiger partial charge on any atom is -0.379 e. The number of sulfonamides is 1. The number of benzene rings is 1. The van der Waals surface area contributed by atoms with Crippen molar-refractivity contribution in [2.45, 2.75) is 36.7 Å². The molecule has 178 valence electrons. The zero-order valence-corrected chi connectivity index (χ0v) is 19.6. The molecule has 2 fully saturated rings. The van der Waals surface area contributed by atoms with Gasteiger partial charge in [0, 0.05) is 42.3 Å². The van der Waals surface area contributed by atoms with Crippen LogP contribution >= 0.6 is 0 Å². The minimum atomic E-state index is -3.76. The van der Waals surface area contributed by atoms with Crippen LogP contribution in [0.4, 0.5) is 0 Å². The van der Waals surface area contributed by atoms with Crippen LogP contribution in [0.3, 0.4) is 0 Å². The molecule has 2 aromatic heterocycles. The lowest BCUT2D eigenvalue weighted by atomic mass is 10.1. The summed E-state index contributed by atoms with van der Waals surface area (Å²) in [6.45, 7) is 3.14. The molecule has 10 heteroatoms. The second-order valence-electron chi connectivity index (χ2n) is 8.65. The third-order valence-electron chi connectivity index (χ3n) is 6.36. The Balaban J connectivity index is 1.58. The van der Waals surface area contributed by atoms with Gasteiger partial charge in [0.2, 0.25) is 15.6 Å². The number of ether oxygens (including phenoxy) is 1. The van der Waals surface area contributed by atoms with E-state index >= 15 is 0 Å². The maximum atomic E-state index is 13.8. The molecule has 34 heavy (non-hydrogen) atoms. The van der Waals surface area contributed by atoms with Gasteiger partial charge in [-0.3, -0.25) is 14.6 Å². The van der Waals surface area contributed by atoms with Gasteiger partial charge in [-0.2, -0.15) is 4.31 Å². The number of pyridine rings is 2. The highest BCUT2D eigenvalue weighted by molar-refractivity contribution is 7.89. The highest BCUT2D eigenvalue weighted by Crippen LogP contribution is 2.36. The predicted molar refractivity (Wildman–Crippen MR) is 126 cm³/mol. The molecular formula is C24H26N4O5S. The normalized spacial score (nSPS) is 18.0. The van der Waals surface area contributed by atoms with Gasteiger partial charge in [-0.25, -0.2) is 8.42 Å². The zero-order chi connectivity index (χ0) is 23.9. The number of nitrogens with one attached hydrogen (secondary N) is 1. The van der Waals surface area contributed by atoms with Crippen molar-refractivity contribution in [3.05, 3.63) is 70.3 Å². The number of hydrogen-bond acceptors (Lipinski definition) is 6. The second-order valence-corrected chi connectivity index (χ2v) is 10.6. The van der Waals surface area contributed by atoms with E-state index in [1.54, 1.807) is 17.2 Å². The van der Waals surface area contributed by atoms with Crippen LogP contribution in [0, 0.1) is 0 Å². The highest BCUT2D eigenvalue weighted by atomic mass is 32.2. The average molecular weight is 483 g/mol. The Labute approximate surface area is 197 Å². The van der Waals surface area contributed by atoms with E-state index in [9.17, 15) is 18.0 Å². The molecule has 0 radical (unpaired) electrons. The summed E-state index contributed by atoms with van der Waals surface area (Å²) in [6, 6.07) is 11.1. The molecule has 1 aromatic carbocycles. The summed E-state index contributed by atoms with van der Waals surface area (Å²) >= 11 is 0. The van der Waals surface area contributed by atoms with Crippen molar-refractivity contribution in [2.75, 3.05) is 26.3 Å². The Morgan fingerprint density at radius 3 is 2.62 bits per heavy atom. The molecule has 0 bridgehead atoms. The van der Waals surface area contributed by atoms with Gasteiger partial charge < -0.3 is 14.6 Å². The van der Waals surface area contributed by atoms with E-state index in [-0.39, 0.29) is 41.5 Å². The smallest absolute Gasteiger partial charge is 0.255 e. The Morgan fingerprint density at radius 1 is 1.18 bits per heavy atom. The van der Waals surface area contributed by atoms with Crippen molar-refractivity contribution in [1.82, 2.24) is 19.2 Å². The monoisotopic (exact) mass is 482 g/mol. The van der Waals surface area contributed by atoms with E-state index in [1.165, 1.54) is 22.5 Å². The first-order valence-electron chi connectivity index (χ1n) is 11.3. The Hall–Kier alpha value is -3.08. The number of aromatic amines is 1. The van der Waals surface area contributed by atoms with Gasteiger partial charge in [0.25, 0.3) is 5.91 Å². The molecule has 1 N–H and O–H groups in total. The highest BCUT2D eigenvalue weighted by Gasteiger charge is 2.38. The second kappa shape index (κ2) is 8.94. The van der Waals surface area contributed by atoms with E-state index in [0.29, 0.717) is 24.1 Å². The van der Waals surface area contributed by atoms with Crippen molar-refractivity contribution in [1.29, 1.82) is 0 Å². The fourth-order valence-corrected chi connectivity index (χ4v) is 5.86. The van der Waals surface area contributed by atoms with Crippen molar-refractivity contribution < 1.29 is 17.9 Å². The van der Waals surface area contributed by atoms with Gasteiger partial charge in [-0.1, -0.05) is 6.07 Å². The van der Waals surface area contributed by atoms with Gasteiger partial charge in [-0.15, -0.1) is 0 Å². The topological polar surface area (TPSA) is 113 Å². The first-order chi connectivity index (χ1) is 16.4. The van der Waals surface area contributed by atoms with Gasteiger partial charge in [-0.05, 0) is 50.1 Å². The Kier molecular flexibility index (Phi) is 5.97. The van der Waals surface area contributed by atoms with E-state index in [1.807, 2.05) is 25.1 Å². The summed E-state index contributed by atoms with van der Waals surface area (Å²) in [6.07, 6.45) is 3.44. The number of aromatic nitrogens is 2. The van der Waals surface area contributed by atoms with Crippen LogP contribution in [0.2, 0.25) is 0 Å². The number of morpholine rings is 1. The number of amides is 1. The van der Waals surface area contributed by atoms with Crippen LogP contribution < -0.4 is 5.56 Å². The number of carbonyl (C=O) groups is 1. The summed E-state index contributed by atoms with van der Waals surface area (Å²) in [5.74, 6) is -0.308. The fourth-order valence-electron chi connectivity index (χ4n) is 4.42. The van der Waals surface area contributed by atoms with Crippen LogP contribution in [0.25, 0.3) is 10.9 Å². The molecule has 1 aliphatic heterocycles. The molecule has 1 saturated heterocycles. The Morgan fingerprint density at radius 2 is 1.94 bits per heavy atom. The molecule has 2 aliphatic rings. The largest absolute Gasteiger partial charge is 0.379 e. The lowest BCUT2D eigenvalue weighted by Gasteiger charge is -2.29. The first-order valence-corrected chi connectivity index (χ1v) is 12.8. The van der Waals surface area contributed by atoms with E-state index in [4.69, 9.17) is 4.74 Å². The zero-order valence-electron chi connectivity index (χ0n) is 18.8. The number of H-pyrrole nitrogens is 1. The van der Waals surface area contributed by atoms with Crippen molar-refractivity contribution >= 4 is 26.8 Å². The summed E-state index contributed by atoms with van der Waals surface area (Å²) in [7, 11) is -3.76. The number of rotatable bonds is 6. The lowest BCUT2D eigenvalue weighted by Crippen LogP contribution is -2.40. The van der Waals surface area contributed by atoms with Gasteiger partial charge in [0.1, 0.15) is 0 Å². The van der Waals surface area contributed by atoms with E-state index in [2.05, 4.69) is 9.97 Å². The first kappa shape index (κ1) is 22.7. The lowest BCUT2D eigenvalue weighted by molar-refractivity contribution is 0.0672. The fraction of sp³-hybridized carbons (Fsp3) is 0.375. The van der Waals surface area contributed by atoms with E-state index in [0.717, 1.165) is 18.5 Å². The molecule has 1 atom stereocenters. The quantitative estimate of drug-likeness (QED) is 0.577. The maximum Gasteiger partial charge on any atom is 0.255 e. The molecule has 0 spiro atoms. The number of carbonyl (C=O) groups excluding carboxylic acids is 1. The summed E-state index contributed by atoms with van der Waals surface area (Å²) in [5.41, 5.74) is 0.943. The van der Waals surface area contributed by atoms with Crippen LogP contribution in [-0.2, 0) is 14.8 Å². The Bertz CT molecular complexity index is 1380. The molecule has 3 aromatic rings. The van der Waals surface area contributed by atoms with Crippen molar-refractivity contribution in [2.24, 2.45) is 0 Å². The molecule has 1 saturated carbocycles. The van der Waals surface area contributed by atoms with Crippen LogP contribution in [0.5, 0.6) is 0 Å². The standard InChI is InChI=1S/C24H26N4O5S/c1-16(21-4-2-3-9-25-21)28(17-5-6-17)24(30)20-15-23(29)26-22-8-7-18(14-19(20)22)34(31,32)27-10-12-33-13-11-27/h2-4,7-9,14-17H,5-6,10-13H2,1H3,(H,26,29). The molecule has 5 rings (SSSR count). The average Bonchev–Trinajstić information content (AvgIpc) is 3.69.